The Morgan fingerprint density at radius 2 is 1.96 bits per heavy atom. The summed E-state index contributed by atoms with van der Waals surface area (Å²) in [6.07, 6.45) is 1.77. The molecule has 1 aromatic heterocycles. The minimum atomic E-state index is -2.95. The van der Waals surface area contributed by atoms with Gasteiger partial charge in [0.25, 0.3) is 5.92 Å². The van der Waals surface area contributed by atoms with Crippen molar-refractivity contribution in [1.29, 1.82) is 0 Å². The average Bonchev–Trinajstić information content (AvgIpc) is 3.08. The van der Waals surface area contributed by atoms with Crippen molar-refractivity contribution in [2.24, 2.45) is 10.7 Å². The highest BCUT2D eigenvalue weighted by Crippen LogP contribution is 2.63. The van der Waals surface area contributed by atoms with Crippen LogP contribution in [0.3, 0.4) is 0 Å². The lowest BCUT2D eigenvalue weighted by atomic mass is 9.71. The number of aliphatic imine (C=N–C) groups is 1. The highest BCUT2D eigenvalue weighted by atomic mass is 32.2. The lowest BCUT2D eigenvalue weighted by Gasteiger charge is -2.54. The Morgan fingerprint density at radius 3 is 2.63 bits per heavy atom. The molecule has 0 amide bonds. The molecule has 2 aromatic rings. The molecule has 2 N–H and O–H groups in total. The van der Waals surface area contributed by atoms with Gasteiger partial charge < -0.3 is 5.73 Å². The van der Waals surface area contributed by atoms with E-state index >= 15 is 8.78 Å². The van der Waals surface area contributed by atoms with Crippen LogP contribution >= 0.6 is 23.1 Å². The Hall–Kier alpha value is -1.84. The monoisotopic (exact) mass is 402 g/mol. The first-order valence-electron chi connectivity index (χ1n) is 8.86. The second kappa shape index (κ2) is 6.35. The average molecular weight is 403 g/mol. The van der Waals surface area contributed by atoms with Crippen molar-refractivity contribution in [2.45, 2.75) is 49.3 Å². The number of nitrogens with two attached hydrogens (primary N) is 1. The number of amidine groups is 1. The molecule has 0 radical (unpaired) electrons. The number of hydrogen-bond acceptors (Lipinski definition) is 4. The molecule has 1 aliphatic carbocycles. The number of thioether (sulfide) groups is 1. The summed E-state index contributed by atoms with van der Waals surface area (Å²) in [4.78, 5) is 4.81. The molecule has 1 atom stereocenters. The zero-order valence-corrected chi connectivity index (χ0v) is 16.8. The molecule has 1 fully saturated rings. The lowest BCUT2D eigenvalue weighted by Crippen LogP contribution is -2.63. The van der Waals surface area contributed by atoms with Crippen LogP contribution in [0.15, 0.2) is 40.7 Å². The second-order valence-electron chi connectivity index (χ2n) is 7.20. The molecule has 1 unspecified atom stereocenters. The van der Waals surface area contributed by atoms with Gasteiger partial charge in [-0.05, 0) is 61.4 Å². The highest BCUT2D eigenvalue weighted by Gasteiger charge is 2.70. The summed E-state index contributed by atoms with van der Waals surface area (Å²) in [6, 6.07) is 9.64. The van der Waals surface area contributed by atoms with E-state index in [1.165, 1.54) is 18.3 Å². The largest absolute Gasteiger partial charge is 0.378 e. The lowest BCUT2D eigenvalue weighted by molar-refractivity contribution is -0.123. The van der Waals surface area contributed by atoms with Crippen molar-refractivity contribution in [3.05, 3.63) is 46.2 Å². The van der Waals surface area contributed by atoms with Gasteiger partial charge in [0.05, 0.1) is 4.75 Å². The standard InChI is InChI=1S/C21H20F2N2S2/c1-3-6-14-7-4-8-15(11-14)16-12-17(26-13-16)19(2)21(22,23)20(9-5-10-20)27-18(24)25-19/h4,7-8,11-13H,5,9-10H2,1-2H3,(H2,24,25). The predicted molar refractivity (Wildman–Crippen MR) is 110 cm³/mol. The van der Waals surface area contributed by atoms with Crippen LogP contribution < -0.4 is 5.73 Å². The number of alkyl halides is 2. The molecule has 2 heterocycles. The minimum absolute atomic E-state index is 0.262. The normalized spacial score (nSPS) is 25.3. The van der Waals surface area contributed by atoms with Crippen LogP contribution in [0, 0.1) is 11.8 Å². The maximum atomic E-state index is 15.6. The second-order valence-corrected chi connectivity index (χ2v) is 9.52. The fourth-order valence-electron chi connectivity index (χ4n) is 3.81. The molecule has 4 rings (SSSR count). The van der Waals surface area contributed by atoms with Crippen molar-refractivity contribution in [1.82, 2.24) is 0 Å². The molecular formula is C21H20F2N2S2. The summed E-state index contributed by atoms with van der Waals surface area (Å²) in [6.45, 7) is 3.31. The van der Waals surface area contributed by atoms with Gasteiger partial charge in [0.15, 0.2) is 10.7 Å². The van der Waals surface area contributed by atoms with Gasteiger partial charge in [-0.3, -0.25) is 0 Å². The van der Waals surface area contributed by atoms with E-state index in [0.717, 1.165) is 34.9 Å². The van der Waals surface area contributed by atoms with Gasteiger partial charge in [0.2, 0.25) is 0 Å². The number of thiophene rings is 1. The van der Waals surface area contributed by atoms with E-state index in [0.29, 0.717) is 17.7 Å². The number of halogens is 2. The number of rotatable bonds is 2. The fraction of sp³-hybridized carbons (Fsp3) is 0.381. The van der Waals surface area contributed by atoms with Crippen molar-refractivity contribution in [3.8, 4) is 23.0 Å². The number of benzene rings is 1. The van der Waals surface area contributed by atoms with Crippen molar-refractivity contribution in [3.63, 3.8) is 0 Å². The van der Waals surface area contributed by atoms with Gasteiger partial charge in [0, 0.05) is 10.4 Å². The quantitative estimate of drug-likeness (QED) is 0.662. The summed E-state index contributed by atoms with van der Waals surface area (Å²) in [5, 5.41) is 2.18. The van der Waals surface area contributed by atoms with Crippen LogP contribution in [-0.2, 0) is 5.54 Å². The van der Waals surface area contributed by atoms with Gasteiger partial charge in [-0.2, -0.15) is 0 Å². The maximum Gasteiger partial charge on any atom is 0.292 e. The first kappa shape index (κ1) is 18.5. The van der Waals surface area contributed by atoms with Crippen molar-refractivity contribution < 1.29 is 8.78 Å². The smallest absolute Gasteiger partial charge is 0.292 e. The Labute approximate surface area is 166 Å². The predicted octanol–water partition coefficient (Wildman–Crippen LogP) is 5.62. The Balaban J connectivity index is 1.77. The molecule has 2 nitrogen and oxygen atoms in total. The summed E-state index contributed by atoms with van der Waals surface area (Å²) in [7, 11) is 0. The van der Waals surface area contributed by atoms with Gasteiger partial charge in [-0.25, -0.2) is 13.8 Å². The third-order valence-corrected chi connectivity index (χ3v) is 8.02. The zero-order valence-electron chi connectivity index (χ0n) is 15.2. The molecule has 0 saturated heterocycles. The van der Waals surface area contributed by atoms with Gasteiger partial charge in [0.1, 0.15) is 0 Å². The van der Waals surface area contributed by atoms with Crippen LogP contribution in [0.1, 0.15) is 43.6 Å². The number of hydrogen-bond donors (Lipinski definition) is 1. The SMILES string of the molecule is CC#Cc1cccc(-c2csc(C3(C)N=C(N)SC4(CCC4)C3(F)F)c2)c1. The Kier molecular flexibility index (Phi) is 4.36. The summed E-state index contributed by atoms with van der Waals surface area (Å²) in [5.41, 5.74) is 7.14. The molecule has 1 saturated carbocycles. The van der Waals surface area contributed by atoms with Crippen LogP contribution in [0.5, 0.6) is 0 Å². The molecule has 6 heteroatoms. The minimum Gasteiger partial charge on any atom is -0.378 e. The van der Waals surface area contributed by atoms with E-state index in [-0.39, 0.29) is 5.17 Å². The summed E-state index contributed by atoms with van der Waals surface area (Å²) >= 11 is 2.38. The molecule has 1 spiro atoms. The molecule has 0 bridgehead atoms. The molecule has 1 aliphatic heterocycles. The molecular weight excluding hydrogens is 382 g/mol. The van der Waals surface area contributed by atoms with Crippen LogP contribution in [0.2, 0.25) is 0 Å². The molecule has 1 aromatic carbocycles. The van der Waals surface area contributed by atoms with Gasteiger partial charge in [-0.15, -0.1) is 17.3 Å². The molecule has 27 heavy (non-hydrogen) atoms. The van der Waals surface area contributed by atoms with E-state index in [9.17, 15) is 0 Å². The fourth-order valence-corrected chi connectivity index (χ4v) is 6.31. The van der Waals surface area contributed by atoms with Crippen LogP contribution in [0.25, 0.3) is 11.1 Å². The van der Waals surface area contributed by atoms with E-state index in [4.69, 9.17) is 5.73 Å². The van der Waals surface area contributed by atoms with E-state index in [2.05, 4.69) is 16.8 Å². The van der Waals surface area contributed by atoms with Crippen LogP contribution in [-0.4, -0.2) is 15.8 Å². The van der Waals surface area contributed by atoms with Crippen LogP contribution in [0.4, 0.5) is 8.78 Å². The summed E-state index contributed by atoms with van der Waals surface area (Å²) in [5.74, 6) is 2.96. The maximum absolute atomic E-state index is 15.6. The zero-order chi connectivity index (χ0) is 19.3. The first-order valence-corrected chi connectivity index (χ1v) is 10.6. The van der Waals surface area contributed by atoms with E-state index < -0.39 is 16.2 Å². The summed E-state index contributed by atoms with van der Waals surface area (Å²) < 4.78 is 30.1. The van der Waals surface area contributed by atoms with Crippen molar-refractivity contribution >= 4 is 28.3 Å². The molecule has 140 valence electrons. The van der Waals surface area contributed by atoms with Crippen molar-refractivity contribution in [2.75, 3.05) is 0 Å². The Bertz CT molecular complexity index is 979. The third kappa shape index (κ3) is 2.71. The third-order valence-electron chi connectivity index (χ3n) is 5.52. The number of nitrogens with zero attached hydrogens (tertiary/aromatic N) is 1. The Morgan fingerprint density at radius 1 is 1.19 bits per heavy atom. The molecule has 2 aliphatic rings. The van der Waals surface area contributed by atoms with E-state index in [1.54, 1.807) is 6.92 Å². The first-order chi connectivity index (χ1) is 12.8. The van der Waals surface area contributed by atoms with Gasteiger partial charge in [-0.1, -0.05) is 36.2 Å². The highest BCUT2D eigenvalue weighted by molar-refractivity contribution is 8.15. The van der Waals surface area contributed by atoms with Gasteiger partial charge >= 0.3 is 0 Å². The topological polar surface area (TPSA) is 38.4 Å². The van der Waals surface area contributed by atoms with E-state index in [1.807, 2.05) is 35.7 Å².